The van der Waals surface area contributed by atoms with Crippen molar-refractivity contribution in [2.45, 2.75) is 32.8 Å². The molecule has 0 spiro atoms. The molecular weight excluding hydrogens is 358 g/mol. The molecule has 0 unspecified atom stereocenters. The molecule has 7 nitrogen and oxygen atoms in total. The van der Waals surface area contributed by atoms with Gasteiger partial charge in [-0.2, -0.15) is 10.2 Å². The number of nitrogens with zero attached hydrogens (tertiary/aromatic N) is 3. The predicted molar refractivity (Wildman–Crippen MR) is 95.2 cm³/mol. The van der Waals surface area contributed by atoms with Gasteiger partial charge in [0.1, 0.15) is 17.5 Å². The fourth-order valence-electron chi connectivity index (χ4n) is 2.46. The quantitative estimate of drug-likeness (QED) is 0.605. The number of aryl methyl sites for hydroxylation is 2. The molecule has 8 heteroatoms. The molecule has 0 amide bonds. The Hall–Kier alpha value is -2.67. The van der Waals surface area contributed by atoms with Crippen LogP contribution in [-0.4, -0.2) is 28.4 Å². The summed E-state index contributed by atoms with van der Waals surface area (Å²) in [5.41, 5.74) is 2.72. The number of fused-ring (bicyclic) bond motifs is 1. The highest BCUT2D eigenvalue weighted by Crippen LogP contribution is 2.34. The minimum atomic E-state index is -0.334. The second kappa shape index (κ2) is 7.70. The number of rotatable bonds is 6. The van der Waals surface area contributed by atoms with Crippen molar-refractivity contribution in [1.29, 1.82) is 0 Å². The lowest BCUT2D eigenvalue weighted by atomic mass is 10.1. The summed E-state index contributed by atoms with van der Waals surface area (Å²) in [6.45, 7) is 3.73. The van der Waals surface area contributed by atoms with Gasteiger partial charge < -0.3 is 14.0 Å². The summed E-state index contributed by atoms with van der Waals surface area (Å²) in [6, 6.07) is 7.14. The Morgan fingerprint density at radius 1 is 1.31 bits per heavy atom. The number of hydrogen-bond acceptors (Lipinski definition) is 7. The van der Waals surface area contributed by atoms with E-state index in [2.05, 4.69) is 20.1 Å². The van der Waals surface area contributed by atoms with Crippen molar-refractivity contribution in [3.05, 3.63) is 46.4 Å². The van der Waals surface area contributed by atoms with Gasteiger partial charge in [0, 0.05) is 17.9 Å². The highest BCUT2D eigenvalue weighted by molar-refractivity contribution is 6.32. The Morgan fingerprint density at radius 2 is 2.12 bits per heavy atom. The number of methoxy groups -OCH3 is 1. The molecule has 0 fully saturated rings. The lowest BCUT2D eigenvalue weighted by molar-refractivity contribution is -0.140. The van der Waals surface area contributed by atoms with E-state index in [1.54, 1.807) is 12.1 Å². The monoisotopic (exact) mass is 375 g/mol. The van der Waals surface area contributed by atoms with E-state index in [9.17, 15) is 4.79 Å². The van der Waals surface area contributed by atoms with Crippen molar-refractivity contribution in [3.8, 4) is 5.75 Å². The number of esters is 1. The van der Waals surface area contributed by atoms with Crippen LogP contribution in [0.5, 0.6) is 5.75 Å². The summed E-state index contributed by atoms with van der Waals surface area (Å²) >= 11 is 6.36. The first kappa shape index (κ1) is 18.1. The molecule has 3 aromatic rings. The summed E-state index contributed by atoms with van der Waals surface area (Å²) in [5, 5.41) is 13.3. The molecule has 0 N–H and O–H groups in total. The van der Waals surface area contributed by atoms with Crippen molar-refractivity contribution in [2.75, 3.05) is 7.11 Å². The van der Waals surface area contributed by atoms with Crippen LogP contribution in [0, 0.1) is 6.92 Å². The van der Waals surface area contributed by atoms with Gasteiger partial charge in [-0.15, -0.1) is 0 Å². The largest absolute Gasteiger partial charge is 0.483 e. The summed E-state index contributed by atoms with van der Waals surface area (Å²) in [7, 11) is 1.35. The highest BCUT2D eigenvalue weighted by atomic mass is 35.5. The minimum absolute atomic E-state index is 0.219. The van der Waals surface area contributed by atoms with Crippen molar-refractivity contribution >= 4 is 28.5 Å². The summed E-state index contributed by atoms with van der Waals surface area (Å²) in [4.78, 5) is 11.3. The fourth-order valence-corrected chi connectivity index (χ4v) is 2.67. The molecule has 0 aliphatic rings. The van der Waals surface area contributed by atoms with Crippen LogP contribution in [0.2, 0.25) is 5.02 Å². The number of aromatic nitrogens is 3. The fraction of sp³-hybridized carbons (Fsp3) is 0.333. The van der Waals surface area contributed by atoms with E-state index in [0.29, 0.717) is 34.2 Å². The van der Waals surface area contributed by atoms with Crippen LogP contribution in [0.4, 0.5) is 0 Å². The van der Waals surface area contributed by atoms with E-state index in [1.165, 1.54) is 7.11 Å². The number of halogens is 1. The van der Waals surface area contributed by atoms with Crippen LogP contribution in [0.1, 0.15) is 36.5 Å². The van der Waals surface area contributed by atoms with Crippen LogP contribution in [-0.2, 0) is 16.0 Å². The normalized spacial score (nSPS) is 12.2. The molecule has 1 atom stereocenters. The summed E-state index contributed by atoms with van der Waals surface area (Å²) in [5.74, 6) is 0.157. The van der Waals surface area contributed by atoms with Crippen LogP contribution in [0.15, 0.2) is 28.8 Å². The Kier molecular flexibility index (Phi) is 5.37. The molecule has 0 aliphatic heterocycles. The molecule has 3 rings (SSSR count). The van der Waals surface area contributed by atoms with Gasteiger partial charge in [-0.1, -0.05) is 16.8 Å². The topological polar surface area (TPSA) is 87.3 Å². The number of carbonyl (C=O) groups excluding carboxylic acids is 1. The average molecular weight is 376 g/mol. The van der Waals surface area contributed by atoms with Crippen LogP contribution < -0.4 is 4.74 Å². The van der Waals surface area contributed by atoms with E-state index in [1.807, 2.05) is 26.0 Å². The first-order chi connectivity index (χ1) is 12.5. The SMILES string of the molecule is COC(=O)CCc1noc2cc(O[C@H](C)c3ccc(C)nn3)c(Cl)cc12. The van der Waals surface area contributed by atoms with E-state index >= 15 is 0 Å². The maximum atomic E-state index is 11.3. The Balaban J connectivity index is 1.80. The van der Waals surface area contributed by atoms with E-state index in [4.69, 9.17) is 20.9 Å². The van der Waals surface area contributed by atoms with Gasteiger partial charge in [0.05, 0.1) is 29.9 Å². The molecular formula is C18H18ClN3O4. The van der Waals surface area contributed by atoms with Gasteiger partial charge in [0.15, 0.2) is 5.58 Å². The van der Waals surface area contributed by atoms with Gasteiger partial charge in [-0.05, 0) is 32.0 Å². The number of benzene rings is 1. The lowest BCUT2D eigenvalue weighted by Gasteiger charge is -2.14. The van der Waals surface area contributed by atoms with Gasteiger partial charge in [-0.25, -0.2) is 0 Å². The van der Waals surface area contributed by atoms with Crippen LogP contribution in [0.3, 0.4) is 0 Å². The zero-order valence-electron chi connectivity index (χ0n) is 14.7. The molecule has 0 saturated heterocycles. The minimum Gasteiger partial charge on any atom is -0.483 e. The summed E-state index contributed by atoms with van der Waals surface area (Å²) < 4.78 is 15.9. The molecule has 2 heterocycles. The van der Waals surface area contributed by atoms with Crippen molar-refractivity contribution in [3.63, 3.8) is 0 Å². The lowest BCUT2D eigenvalue weighted by Crippen LogP contribution is -2.07. The Morgan fingerprint density at radius 3 is 2.81 bits per heavy atom. The van der Waals surface area contributed by atoms with Crippen molar-refractivity contribution < 1.29 is 18.8 Å². The molecule has 0 bridgehead atoms. The van der Waals surface area contributed by atoms with Gasteiger partial charge in [-0.3, -0.25) is 4.79 Å². The van der Waals surface area contributed by atoms with Crippen LogP contribution in [0.25, 0.3) is 11.0 Å². The predicted octanol–water partition coefficient (Wildman–Crippen LogP) is 3.83. The Labute approximate surface area is 155 Å². The second-order valence-electron chi connectivity index (χ2n) is 5.84. The first-order valence-corrected chi connectivity index (χ1v) is 8.47. The van der Waals surface area contributed by atoms with Gasteiger partial charge in [0.2, 0.25) is 0 Å². The average Bonchev–Trinajstić information content (AvgIpc) is 3.02. The van der Waals surface area contributed by atoms with E-state index in [0.717, 1.165) is 11.1 Å². The maximum Gasteiger partial charge on any atom is 0.305 e. The molecule has 26 heavy (non-hydrogen) atoms. The third-order valence-electron chi connectivity index (χ3n) is 3.93. The zero-order chi connectivity index (χ0) is 18.7. The third kappa shape index (κ3) is 3.94. The molecule has 0 saturated carbocycles. The molecule has 0 aliphatic carbocycles. The standard InChI is InChI=1S/C18H18ClN3O4/c1-10-4-5-14(21-20-10)11(2)25-17-9-16-12(8-13(17)19)15(22-26-16)6-7-18(23)24-3/h4-5,8-9,11H,6-7H2,1-3H3/t11-/m1/s1. The third-order valence-corrected chi connectivity index (χ3v) is 4.23. The zero-order valence-corrected chi connectivity index (χ0v) is 15.4. The number of ether oxygens (including phenoxy) is 2. The van der Waals surface area contributed by atoms with Crippen molar-refractivity contribution in [1.82, 2.24) is 15.4 Å². The van der Waals surface area contributed by atoms with Crippen molar-refractivity contribution in [2.24, 2.45) is 0 Å². The van der Waals surface area contributed by atoms with E-state index in [-0.39, 0.29) is 18.5 Å². The van der Waals surface area contributed by atoms with Gasteiger partial charge >= 0.3 is 5.97 Å². The van der Waals surface area contributed by atoms with Gasteiger partial charge in [0.25, 0.3) is 0 Å². The number of hydrogen-bond donors (Lipinski definition) is 0. The van der Waals surface area contributed by atoms with Crippen LogP contribution >= 0.6 is 11.6 Å². The molecule has 136 valence electrons. The smallest absolute Gasteiger partial charge is 0.305 e. The molecule has 2 aromatic heterocycles. The second-order valence-corrected chi connectivity index (χ2v) is 6.25. The molecule has 1 aromatic carbocycles. The van der Waals surface area contributed by atoms with E-state index < -0.39 is 0 Å². The molecule has 0 radical (unpaired) electrons. The first-order valence-electron chi connectivity index (χ1n) is 8.09. The number of carbonyl (C=O) groups is 1. The Bertz CT molecular complexity index is 924. The summed E-state index contributed by atoms with van der Waals surface area (Å²) in [6.07, 6.45) is 0.294. The maximum absolute atomic E-state index is 11.3. The highest BCUT2D eigenvalue weighted by Gasteiger charge is 2.17.